The minimum Gasteiger partial charge on any atom is -0.504 e. The number of hydrogen-bond donors (Lipinski definition) is 7. The highest BCUT2D eigenvalue weighted by Crippen LogP contribution is 2.52. The van der Waals surface area contributed by atoms with E-state index in [1.54, 1.807) is 0 Å². The Hall–Kier alpha value is -3.07. The van der Waals surface area contributed by atoms with E-state index in [4.69, 9.17) is 0 Å². The Morgan fingerprint density at radius 3 is 1.50 bits per heavy atom. The summed E-state index contributed by atoms with van der Waals surface area (Å²) < 4.78 is 0. The van der Waals surface area contributed by atoms with Gasteiger partial charge in [0.2, 0.25) is 16.6 Å². The average molecular weight is 352 g/mol. The molecule has 2 aromatic rings. The second-order valence-corrected chi connectivity index (χ2v) is 5.30. The topological polar surface area (TPSA) is 156 Å². The van der Waals surface area contributed by atoms with Gasteiger partial charge in [0, 0.05) is 22.3 Å². The van der Waals surface area contributed by atoms with Gasteiger partial charge in [0.05, 0.1) is 0 Å². The van der Waals surface area contributed by atoms with Crippen LogP contribution in [-0.2, 0) is 0 Å². The molecule has 2 aromatic carbocycles. The zero-order chi connectivity index (χ0) is 18.3. The van der Waals surface area contributed by atoms with Gasteiger partial charge in [-0.1, -0.05) is 0 Å². The van der Waals surface area contributed by atoms with Crippen molar-refractivity contribution < 1.29 is 40.2 Å². The number of hydrogen-bond acceptors (Lipinski definition) is 8. The van der Waals surface area contributed by atoms with Crippen molar-refractivity contribution in [1.29, 1.82) is 0 Å². The number of phenolic OH excluding ortho intramolecular Hbond substituents is 6. The molecule has 0 radical (unpaired) electrons. The summed E-state index contributed by atoms with van der Waals surface area (Å²) in [5, 5.41) is 57.7. The smallest absolute Gasteiger partial charge is 0.217 e. The third-order valence-corrected chi connectivity index (χ3v) is 3.61. The quantitative estimate of drug-likeness (QED) is 0.251. The van der Waals surface area contributed by atoms with Crippen LogP contribution in [0.2, 0.25) is 0 Å². The van der Waals surface area contributed by atoms with Crippen LogP contribution in [0.3, 0.4) is 0 Å². The molecule has 0 aliphatic carbocycles. The number of aromatic hydroxyl groups is 6. The predicted molar refractivity (Wildman–Crippen MR) is 85.2 cm³/mol. The lowest BCUT2D eigenvalue weighted by molar-refractivity contribution is 0.101. The Kier molecular flexibility index (Phi) is 4.22. The van der Waals surface area contributed by atoms with E-state index in [0.29, 0.717) is 0 Å². The monoisotopic (exact) mass is 352 g/mol. The first-order chi connectivity index (χ1) is 11.1. The van der Waals surface area contributed by atoms with Gasteiger partial charge in [-0.05, 0) is 19.1 Å². The summed E-state index contributed by atoms with van der Waals surface area (Å²) in [6.07, 6.45) is 0. The van der Waals surface area contributed by atoms with Crippen LogP contribution in [0.4, 0.5) is 0 Å². The maximum Gasteiger partial charge on any atom is 0.217 e. The molecule has 0 bridgehead atoms. The van der Waals surface area contributed by atoms with Crippen LogP contribution in [-0.4, -0.2) is 41.5 Å². The number of carbonyl (C=O) groups excluding carboxylic acids is 2. The van der Waals surface area contributed by atoms with Gasteiger partial charge in [-0.25, -0.2) is 0 Å². The first-order valence-electron chi connectivity index (χ1n) is 6.38. The van der Waals surface area contributed by atoms with Crippen LogP contribution >= 0.6 is 12.6 Å². The molecule has 0 heterocycles. The normalized spacial score (nSPS) is 10.6. The van der Waals surface area contributed by atoms with Crippen molar-refractivity contribution in [2.24, 2.45) is 0 Å². The van der Waals surface area contributed by atoms with Crippen molar-refractivity contribution in [3.63, 3.8) is 0 Å². The second kappa shape index (κ2) is 5.85. The van der Waals surface area contributed by atoms with Crippen molar-refractivity contribution >= 4 is 23.5 Å². The van der Waals surface area contributed by atoms with Crippen molar-refractivity contribution in [3.05, 3.63) is 23.3 Å². The molecule has 6 N–H and O–H groups in total. The highest BCUT2D eigenvalue weighted by Gasteiger charge is 2.29. The molecule has 0 unspecified atom stereocenters. The standard InChI is InChI=1S/C15H12O8S/c1-4(16)5-2-7(17)11(19)13(21)9(5)10-6(15(23)24)3-8(18)12(20)14(10)22/h2-3,17-22H,1H3,(H,23,24). The summed E-state index contributed by atoms with van der Waals surface area (Å²) in [4.78, 5) is 23.5. The SMILES string of the molecule is CC(=O)c1cc(O)c(O)c(O)c1-c1c(C(=O)S)cc(O)c(O)c1O. The lowest BCUT2D eigenvalue weighted by Gasteiger charge is -2.17. The zero-order valence-corrected chi connectivity index (χ0v) is 13.0. The largest absolute Gasteiger partial charge is 0.504 e. The highest BCUT2D eigenvalue weighted by molar-refractivity contribution is 7.97. The Balaban J connectivity index is 3.07. The van der Waals surface area contributed by atoms with Crippen molar-refractivity contribution in [2.75, 3.05) is 0 Å². The maximum atomic E-state index is 11.8. The molecule has 0 fully saturated rings. The van der Waals surface area contributed by atoms with Crippen molar-refractivity contribution in [3.8, 4) is 45.6 Å². The minimum absolute atomic E-state index is 0.348. The second-order valence-electron chi connectivity index (χ2n) is 4.89. The Morgan fingerprint density at radius 1 is 0.750 bits per heavy atom. The summed E-state index contributed by atoms with van der Waals surface area (Å²) in [6.45, 7) is 1.08. The van der Waals surface area contributed by atoms with Gasteiger partial charge in [0.1, 0.15) is 0 Å². The molecule has 0 aromatic heterocycles. The van der Waals surface area contributed by atoms with Crippen LogP contribution in [0.1, 0.15) is 27.6 Å². The first kappa shape index (κ1) is 17.3. The van der Waals surface area contributed by atoms with E-state index in [1.807, 2.05) is 0 Å². The molecule has 0 aliphatic rings. The molecule has 0 amide bonds. The first-order valence-corrected chi connectivity index (χ1v) is 6.83. The van der Waals surface area contributed by atoms with Gasteiger partial charge in [0.25, 0.3) is 0 Å². The Bertz CT molecular complexity index is 815. The molecule has 126 valence electrons. The predicted octanol–water partition coefficient (Wildman–Crippen LogP) is 1.86. The molecule has 0 spiro atoms. The van der Waals surface area contributed by atoms with Crippen molar-refractivity contribution in [2.45, 2.75) is 6.92 Å². The van der Waals surface area contributed by atoms with Gasteiger partial charge in [0.15, 0.2) is 28.8 Å². The van der Waals surface area contributed by atoms with Crippen LogP contribution < -0.4 is 0 Å². The number of thiol groups is 1. The summed E-state index contributed by atoms with van der Waals surface area (Å²) >= 11 is 3.58. The van der Waals surface area contributed by atoms with Crippen molar-refractivity contribution in [1.82, 2.24) is 0 Å². The molecule has 0 saturated carbocycles. The molecule has 0 aliphatic heterocycles. The number of Topliss-reactive ketones (excluding diaryl/α,β-unsaturated/α-hetero) is 1. The van der Waals surface area contributed by atoms with Gasteiger partial charge < -0.3 is 30.6 Å². The molecule has 24 heavy (non-hydrogen) atoms. The molecule has 0 saturated heterocycles. The van der Waals surface area contributed by atoms with Crippen LogP contribution in [0.5, 0.6) is 34.5 Å². The fourth-order valence-electron chi connectivity index (χ4n) is 2.24. The maximum absolute atomic E-state index is 11.8. The van der Waals surface area contributed by atoms with E-state index in [0.717, 1.165) is 19.1 Å². The summed E-state index contributed by atoms with van der Waals surface area (Å²) in [7, 11) is 0. The van der Waals surface area contributed by atoms with E-state index in [1.165, 1.54) is 0 Å². The lowest BCUT2D eigenvalue weighted by atomic mass is 9.91. The van der Waals surface area contributed by atoms with E-state index in [9.17, 15) is 40.2 Å². The van der Waals surface area contributed by atoms with E-state index < -0.39 is 62.1 Å². The number of phenols is 6. The zero-order valence-electron chi connectivity index (χ0n) is 12.1. The van der Waals surface area contributed by atoms with E-state index in [-0.39, 0.29) is 5.56 Å². The van der Waals surface area contributed by atoms with E-state index >= 15 is 0 Å². The number of carbonyl (C=O) groups is 2. The number of rotatable bonds is 3. The Labute approximate surface area is 140 Å². The van der Waals surface area contributed by atoms with E-state index in [2.05, 4.69) is 12.6 Å². The number of ketones is 1. The molecule has 8 nitrogen and oxygen atoms in total. The van der Waals surface area contributed by atoms with Gasteiger partial charge >= 0.3 is 0 Å². The van der Waals surface area contributed by atoms with Crippen LogP contribution in [0.25, 0.3) is 11.1 Å². The fraction of sp³-hybridized carbons (Fsp3) is 0.0667. The molecule has 0 atom stereocenters. The van der Waals surface area contributed by atoms with Crippen LogP contribution in [0.15, 0.2) is 12.1 Å². The minimum atomic E-state index is -1.02. The summed E-state index contributed by atoms with van der Waals surface area (Å²) in [6, 6.07) is 1.59. The fourth-order valence-corrected chi connectivity index (χ4v) is 2.42. The summed E-state index contributed by atoms with van der Waals surface area (Å²) in [5.74, 6) is -6.35. The third kappa shape index (κ3) is 2.54. The third-order valence-electron chi connectivity index (χ3n) is 3.37. The lowest BCUT2D eigenvalue weighted by Crippen LogP contribution is -2.02. The highest BCUT2D eigenvalue weighted by atomic mass is 32.1. The Morgan fingerprint density at radius 2 is 1.12 bits per heavy atom. The van der Waals surface area contributed by atoms with Gasteiger partial charge in [-0.3, -0.25) is 9.59 Å². The average Bonchev–Trinajstić information content (AvgIpc) is 2.50. The van der Waals surface area contributed by atoms with Gasteiger partial charge in [-0.15, -0.1) is 12.6 Å². The molecular formula is C15H12O8S. The van der Waals surface area contributed by atoms with Gasteiger partial charge in [-0.2, -0.15) is 0 Å². The molecule has 2 rings (SSSR count). The summed E-state index contributed by atoms with van der Waals surface area (Å²) in [5.41, 5.74) is -1.85. The molecular weight excluding hydrogens is 340 g/mol. The molecule has 9 heteroatoms. The van der Waals surface area contributed by atoms with Crippen LogP contribution in [0, 0.1) is 0 Å². The number of benzene rings is 2.